The highest BCUT2D eigenvalue weighted by molar-refractivity contribution is 9.10. The van der Waals surface area contributed by atoms with E-state index in [9.17, 15) is 9.90 Å². The molecular formula is C26H24BrClN2O4. The lowest BCUT2D eigenvalue weighted by Crippen LogP contribution is -2.38. The maximum Gasteiger partial charge on any atom is 0.321 e. The molecule has 1 unspecified atom stereocenters. The molecule has 34 heavy (non-hydrogen) atoms. The average molecular weight is 544 g/mol. The zero-order valence-electron chi connectivity index (χ0n) is 18.5. The molecule has 0 radical (unpaired) electrons. The number of carbonyl (C=O) groups is 1. The van der Waals surface area contributed by atoms with Gasteiger partial charge >= 0.3 is 5.97 Å². The molecule has 0 aliphatic rings. The van der Waals surface area contributed by atoms with E-state index in [-0.39, 0.29) is 13.2 Å². The van der Waals surface area contributed by atoms with E-state index in [0.717, 1.165) is 32.1 Å². The van der Waals surface area contributed by atoms with Gasteiger partial charge in [-0.1, -0.05) is 63.9 Å². The number of halogens is 2. The average Bonchev–Trinajstić information content (AvgIpc) is 3.24. The van der Waals surface area contributed by atoms with Crippen LogP contribution in [0.1, 0.15) is 16.7 Å². The largest absolute Gasteiger partial charge is 0.493 e. The number of benzene rings is 3. The van der Waals surface area contributed by atoms with Crippen LogP contribution in [0.15, 0.2) is 71.3 Å². The zero-order valence-corrected chi connectivity index (χ0v) is 20.8. The number of nitrogens with one attached hydrogen (secondary N) is 2. The summed E-state index contributed by atoms with van der Waals surface area (Å²) in [5.74, 6) is 0.152. The summed E-state index contributed by atoms with van der Waals surface area (Å²) in [5, 5.41) is 14.7. The van der Waals surface area contributed by atoms with Gasteiger partial charge in [-0.15, -0.1) is 0 Å². The number of ether oxygens (including phenoxy) is 2. The minimum atomic E-state index is -0.928. The summed E-state index contributed by atoms with van der Waals surface area (Å²) in [7, 11) is 1.57. The van der Waals surface area contributed by atoms with Crippen molar-refractivity contribution in [2.24, 2.45) is 0 Å². The fourth-order valence-corrected chi connectivity index (χ4v) is 4.47. The molecule has 0 aliphatic heterocycles. The second-order valence-electron chi connectivity index (χ2n) is 7.77. The summed E-state index contributed by atoms with van der Waals surface area (Å²) in [6.07, 6.45) is 2.19. The number of carboxylic acids is 1. The monoisotopic (exact) mass is 542 g/mol. The standard InChI is InChI=1S/C26H24BrClN2O4/c1-33-24-11-10-20(27)19(25(24)34-15-16-6-2-4-8-21(16)28)14-30-23(26(31)32)12-17-13-29-22-9-5-3-7-18(17)22/h2-11,13,23,29-30H,12,14-15H2,1H3,(H,31,32). The lowest BCUT2D eigenvalue weighted by atomic mass is 10.0. The molecule has 0 bridgehead atoms. The second-order valence-corrected chi connectivity index (χ2v) is 9.03. The Balaban J connectivity index is 1.55. The van der Waals surface area contributed by atoms with Crippen LogP contribution in [-0.2, 0) is 24.4 Å². The van der Waals surface area contributed by atoms with E-state index in [4.69, 9.17) is 21.1 Å². The molecule has 0 saturated heterocycles. The molecule has 1 atom stereocenters. The number of aliphatic carboxylic acids is 1. The predicted molar refractivity (Wildman–Crippen MR) is 137 cm³/mol. The van der Waals surface area contributed by atoms with Crippen molar-refractivity contribution in [1.82, 2.24) is 10.3 Å². The maximum atomic E-state index is 12.1. The molecule has 4 rings (SSSR count). The molecule has 0 saturated carbocycles. The van der Waals surface area contributed by atoms with E-state index < -0.39 is 12.0 Å². The van der Waals surface area contributed by atoms with E-state index in [1.807, 2.05) is 60.8 Å². The first-order valence-corrected chi connectivity index (χ1v) is 11.9. The number of carboxylic acid groups (broad SMARTS) is 1. The quantitative estimate of drug-likeness (QED) is 0.230. The third kappa shape index (κ3) is 5.38. The molecule has 0 fully saturated rings. The first-order valence-electron chi connectivity index (χ1n) is 10.7. The summed E-state index contributed by atoms with van der Waals surface area (Å²) < 4.78 is 12.4. The van der Waals surface area contributed by atoms with E-state index in [2.05, 4.69) is 26.2 Å². The number of aromatic nitrogens is 1. The Kier molecular flexibility index (Phi) is 7.77. The van der Waals surface area contributed by atoms with E-state index in [1.165, 1.54) is 0 Å². The lowest BCUT2D eigenvalue weighted by molar-refractivity contribution is -0.139. The zero-order chi connectivity index (χ0) is 24.1. The molecule has 3 aromatic carbocycles. The van der Waals surface area contributed by atoms with Crippen molar-refractivity contribution in [1.29, 1.82) is 0 Å². The smallest absolute Gasteiger partial charge is 0.321 e. The maximum absolute atomic E-state index is 12.1. The molecule has 0 amide bonds. The molecule has 0 aliphatic carbocycles. The van der Waals surface area contributed by atoms with Crippen LogP contribution in [0.4, 0.5) is 0 Å². The van der Waals surface area contributed by atoms with Gasteiger partial charge in [-0.05, 0) is 29.8 Å². The highest BCUT2D eigenvalue weighted by Crippen LogP contribution is 2.37. The van der Waals surface area contributed by atoms with Gasteiger partial charge in [-0.3, -0.25) is 10.1 Å². The Morgan fingerprint density at radius 3 is 2.65 bits per heavy atom. The highest BCUT2D eigenvalue weighted by Gasteiger charge is 2.22. The molecule has 4 aromatic rings. The predicted octanol–water partition coefficient (Wildman–Crippen LogP) is 5.96. The van der Waals surface area contributed by atoms with Crippen molar-refractivity contribution in [3.8, 4) is 11.5 Å². The number of methoxy groups -OCH3 is 1. The fraction of sp³-hybridized carbons (Fsp3) is 0.192. The summed E-state index contributed by atoms with van der Waals surface area (Å²) in [5.41, 5.74) is 3.52. The molecular weight excluding hydrogens is 520 g/mol. The molecule has 1 aromatic heterocycles. The van der Waals surface area contributed by atoms with E-state index in [1.54, 1.807) is 13.2 Å². The minimum absolute atomic E-state index is 0.247. The summed E-state index contributed by atoms with van der Waals surface area (Å²) in [6.45, 7) is 0.506. The normalized spacial score (nSPS) is 12.0. The minimum Gasteiger partial charge on any atom is -0.493 e. The van der Waals surface area contributed by atoms with E-state index >= 15 is 0 Å². The fourth-order valence-electron chi connectivity index (χ4n) is 3.82. The van der Waals surface area contributed by atoms with Gasteiger partial charge in [0, 0.05) is 50.7 Å². The number of H-pyrrole nitrogens is 1. The van der Waals surface area contributed by atoms with Crippen LogP contribution >= 0.6 is 27.5 Å². The molecule has 3 N–H and O–H groups in total. The van der Waals surface area contributed by atoms with Gasteiger partial charge in [0.05, 0.1) is 7.11 Å². The van der Waals surface area contributed by atoms with Gasteiger partial charge in [0.1, 0.15) is 12.6 Å². The molecule has 6 nitrogen and oxygen atoms in total. The molecule has 1 heterocycles. The second kappa shape index (κ2) is 11.0. The van der Waals surface area contributed by atoms with Gasteiger partial charge in [0.2, 0.25) is 0 Å². The third-order valence-corrected chi connectivity index (χ3v) is 6.75. The number of aromatic amines is 1. The van der Waals surface area contributed by atoms with Gasteiger partial charge in [-0.25, -0.2) is 0 Å². The van der Waals surface area contributed by atoms with Crippen molar-refractivity contribution < 1.29 is 19.4 Å². The van der Waals surface area contributed by atoms with Crippen LogP contribution in [0.3, 0.4) is 0 Å². The van der Waals surface area contributed by atoms with Crippen LogP contribution in [0.2, 0.25) is 5.02 Å². The Morgan fingerprint density at radius 2 is 1.88 bits per heavy atom. The van der Waals surface area contributed by atoms with E-state index in [0.29, 0.717) is 22.9 Å². The first kappa shape index (κ1) is 24.1. The SMILES string of the molecule is COc1ccc(Br)c(CNC(Cc2c[nH]c3ccccc23)C(=O)O)c1OCc1ccccc1Cl. The van der Waals surface area contributed by atoms with Crippen LogP contribution in [0.25, 0.3) is 10.9 Å². The summed E-state index contributed by atoms with van der Waals surface area (Å²) in [6, 6.07) is 18.2. The van der Waals surface area contributed by atoms with Gasteiger partial charge < -0.3 is 19.6 Å². The van der Waals surface area contributed by atoms with Gasteiger partial charge in [0.15, 0.2) is 11.5 Å². The van der Waals surface area contributed by atoms with Crippen molar-refractivity contribution >= 4 is 44.4 Å². The number of hydrogen-bond acceptors (Lipinski definition) is 4. The van der Waals surface area contributed by atoms with Crippen LogP contribution in [0.5, 0.6) is 11.5 Å². The lowest BCUT2D eigenvalue weighted by Gasteiger charge is -2.20. The van der Waals surface area contributed by atoms with Crippen molar-refractivity contribution in [2.45, 2.75) is 25.6 Å². The number of para-hydroxylation sites is 1. The molecule has 176 valence electrons. The third-order valence-electron chi connectivity index (χ3n) is 5.64. The van der Waals surface area contributed by atoms with Gasteiger partial charge in [0.25, 0.3) is 0 Å². The van der Waals surface area contributed by atoms with Crippen LogP contribution in [-0.4, -0.2) is 29.2 Å². The van der Waals surface area contributed by atoms with Crippen molar-refractivity contribution in [2.75, 3.05) is 7.11 Å². The molecule has 0 spiro atoms. The topological polar surface area (TPSA) is 83.6 Å². The summed E-state index contributed by atoms with van der Waals surface area (Å²) in [4.78, 5) is 15.3. The number of fused-ring (bicyclic) bond motifs is 1. The van der Waals surface area contributed by atoms with Crippen molar-refractivity contribution in [3.63, 3.8) is 0 Å². The number of hydrogen-bond donors (Lipinski definition) is 3. The number of rotatable bonds is 10. The summed E-state index contributed by atoms with van der Waals surface area (Å²) >= 11 is 9.86. The van der Waals surface area contributed by atoms with Gasteiger partial charge in [-0.2, -0.15) is 0 Å². The molecule has 8 heteroatoms. The Bertz CT molecular complexity index is 1310. The first-order chi connectivity index (χ1) is 16.5. The highest BCUT2D eigenvalue weighted by atomic mass is 79.9. The Hall–Kier alpha value is -3.00. The van der Waals surface area contributed by atoms with Crippen LogP contribution < -0.4 is 14.8 Å². The Labute approximate surface area is 211 Å². The Morgan fingerprint density at radius 1 is 1.12 bits per heavy atom. The van der Waals surface area contributed by atoms with Crippen LogP contribution in [0, 0.1) is 0 Å². The van der Waals surface area contributed by atoms with Crippen molar-refractivity contribution in [3.05, 3.63) is 93.0 Å².